The molecule has 0 N–H and O–H groups in total. The van der Waals surface area contributed by atoms with Crippen LogP contribution in [0.15, 0.2) is 24.3 Å². The summed E-state index contributed by atoms with van der Waals surface area (Å²) in [6, 6.07) is 9.04. The summed E-state index contributed by atoms with van der Waals surface area (Å²) in [7, 11) is 1.49. The van der Waals surface area contributed by atoms with Gasteiger partial charge in [-0.25, -0.2) is 0 Å². The molecule has 0 radical (unpaired) electrons. The first kappa shape index (κ1) is 15.1. The lowest BCUT2D eigenvalue weighted by atomic mass is 9.78. The van der Waals surface area contributed by atoms with Crippen molar-refractivity contribution in [2.24, 2.45) is 5.92 Å². The Bertz CT molecular complexity index is 445. The van der Waals surface area contributed by atoms with Crippen LogP contribution in [0, 0.1) is 5.92 Å². The number of esters is 1. The zero-order valence-corrected chi connectivity index (χ0v) is 13.1. The maximum Gasteiger partial charge on any atom is 0.308 e. The minimum absolute atomic E-state index is 0.0356. The van der Waals surface area contributed by atoms with Gasteiger partial charge in [-0.2, -0.15) is 0 Å². The molecular formula is C18H26O2. The van der Waals surface area contributed by atoms with Crippen LogP contribution in [-0.4, -0.2) is 13.1 Å². The van der Waals surface area contributed by atoms with E-state index >= 15 is 0 Å². The van der Waals surface area contributed by atoms with Gasteiger partial charge in [0.1, 0.15) is 0 Å². The Morgan fingerprint density at radius 1 is 1.05 bits per heavy atom. The molecule has 1 aromatic rings. The maximum atomic E-state index is 11.5. The molecule has 0 bridgehead atoms. The van der Waals surface area contributed by atoms with Gasteiger partial charge in [0.15, 0.2) is 0 Å². The first-order valence-electron chi connectivity index (χ1n) is 7.60. The van der Waals surface area contributed by atoms with Crippen LogP contribution in [0.4, 0.5) is 0 Å². The van der Waals surface area contributed by atoms with Crippen molar-refractivity contribution in [2.45, 2.75) is 57.8 Å². The first-order valence-corrected chi connectivity index (χ1v) is 7.60. The predicted molar refractivity (Wildman–Crippen MR) is 81.9 cm³/mol. The molecule has 1 aromatic carbocycles. The van der Waals surface area contributed by atoms with Crippen molar-refractivity contribution in [1.82, 2.24) is 0 Å². The number of hydrogen-bond donors (Lipinski definition) is 0. The zero-order chi connectivity index (χ0) is 14.8. The summed E-state index contributed by atoms with van der Waals surface area (Å²) in [6.45, 7) is 6.72. The molecule has 0 aliphatic heterocycles. The van der Waals surface area contributed by atoms with E-state index in [9.17, 15) is 4.79 Å². The fourth-order valence-electron chi connectivity index (χ4n) is 3.08. The summed E-state index contributed by atoms with van der Waals surface area (Å²) >= 11 is 0. The van der Waals surface area contributed by atoms with Gasteiger partial charge in [0.2, 0.25) is 0 Å². The van der Waals surface area contributed by atoms with E-state index in [0.717, 1.165) is 25.7 Å². The molecule has 2 heteroatoms. The predicted octanol–water partition coefficient (Wildman–Crippen LogP) is 4.43. The van der Waals surface area contributed by atoms with Crippen LogP contribution in [0.2, 0.25) is 0 Å². The molecule has 0 aromatic heterocycles. The summed E-state index contributed by atoms with van der Waals surface area (Å²) in [5, 5.41) is 0. The number of hydrogen-bond acceptors (Lipinski definition) is 2. The zero-order valence-electron chi connectivity index (χ0n) is 13.1. The van der Waals surface area contributed by atoms with E-state index in [1.165, 1.54) is 18.2 Å². The Balaban J connectivity index is 1.99. The van der Waals surface area contributed by atoms with Crippen molar-refractivity contribution in [3.8, 4) is 0 Å². The van der Waals surface area contributed by atoms with Crippen molar-refractivity contribution < 1.29 is 9.53 Å². The molecule has 1 aliphatic carbocycles. The van der Waals surface area contributed by atoms with E-state index in [0.29, 0.717) is 5.92 Å². The first-order chi connectivity index (χ1) is 9.41. The second-order valence-electron chi connectivity index (χ2n) is 6.94. The Kier molecular flexibility index (Phi) is 4.52. The molecule has 0 amide bonds. The van der Waals surface area contributed by atoms with Gasteiger partial charge >= 0.3 is 5.97 Å². The monoisotopic (exact) mass is 274 g/mol. The van der Waals surface area contributed by atoms with Crippen molar-refractivity contribution in [3.05, 3.63) is 35.4 Å². The molecule has 1 aliphatic rings. The number of carbonyl (C=O) groups is 1. The summed E-state index contributed by atoms with van der Waals surface area (Å²) in [5.41, 5.74) is 3.01. The van der Waals surface area contributed by atoms with Gasteiger partial charge in [0, 0.05) is 0 Å². The highest BCUT2D eigenvalue weighted by atomic mass is 16.5. The normalized spacial score (nSPS) is 23.4. The Labute approximate surface area is 122 Å². The van der Waals surface area contributed by atoms with Gasteiger partial charge in [-0.05, 0) is 48.1 Å². The maximum absolute atomic E-state index is 11.5. The second kappa shape index (κ2) is 5.99. The number of benzene rings is 1. The third-order valence-corrected chi connectivity index (χ3v) is 4.51. The number of methoxy groups -OCH3 is 1. The molecule has 0 heterocycles. The van der Waals surface area contributed by atoms with Crippen LogP contribution in [-0.2, 0) is 14.9 Å². The fraction of sp³-hybridized carbons (Fsp3) is 0.611. The Morgan fingerprint density at radius 3 is 2.05 bits per heavy atom. The molecule has 110 valence electrons. The van der Waals surface area contributed by atoms with Crippen LogP contribution in [0.5, 0.6) is 0 Å². The third-order valence-electron chi connectivity index (χ3n) is 4.51. The number of ether oxygens (including phenoxy) is 1. The molecule has 20 heavy (non-hydrogen) atoms. The van der Waals surface area contributed by atoms with E-state index in [2.05, 4.69) is 45.0 Å². The van der Waals surface area contributed by atoms with E-state index in [4.69, 9.17) is 4.74 Å². The van der Waals surface area contributed by atoms with Crippen LogP contribution in [0.1, 0.15) is 63.5 Å². The molecule has 1 saturated carbocycles. The van der Waals surface area contributed by atoms with Gasteiger partial charge in [-0.3, -0.25) is 4.79 Å². The molecule has 0 spiro atoms. The van der Waals surface area contributed by atoms with Gasteiger partial charge in [-0.1, -0.05) is 45.0 Å². The summed E-state index contributed by atoms with van der Waals surface area (Å²) in [5.74, 6) is 0.682. The average molecular weight is 274 g/mol. The summed E-state index contributed by atoms with van der Waals surface area (Å²) in [4.78, 5) is 11.5. The lowest BCUT2D eigenvalue weighted by Gasteiger charge is -2.28. The molecule has 2 rings (SSSR count). The van der Waals surface area contributed by atoms with Gasteiger partial charge in [0.25, 0.3) is 0 Å². The van der Waals surface area contributed by atoms with Crippen molar-refractivity contribution in [3.63, 3.8) is 0 Å². The van der Waals surface area contributed by atoms with Crippen molar-refractivity contribution >= 4 is 5.97 Å². The Morgan fingerprint density at radius 2 is 1.60 bits per heavy atom. The van der Waals surface area contributed by atoms with Gasteiger partial charge in [0.05, 0.1) is 13.0 Å². The van der Waals surface area contributed by atoms with Gasteiger partial charge in [-0.15, -0.1) is 0 Å². The van der Waals surface area contributed by atoms with E-state index in [-0.39, 0.29) is 17.3 Å². The Hall–Kier alpha value is -1.31. The van der Waals surface area contributed by atoms with Crippen LogP contribution in [0.3, 0.4) is 0 Å². The summed E-state index contributed by atoms with van der Waals surface area (Å²) in [6.07, 6.45) is 4.10. The smallest absolute Gasteiger partial charge is 0.308 e. The van der Waals surface area contributed by atoms with Crippen molar-refractivity contribution in [2.75, 3.05) is 7.11 Å². The van der Waals surface area contributed by atoms with Crippen LogP contribution < -0.4 is 0 Å². The topological polar surface area (TPSA) is 26.3 Å². The number of carbonyl (C=O) groups excluding carboxylic acids is 1. The molecule has 0 saturated heterocycles. The van der Waals surface area contributed by atoms with Crippen LogP contribution >= 0.6 is 0 Å². The van der Waals surface area contributed by atoms with E-state index in [1.54, 1.807) is 0 Å². The number of rotatable bonds is 2. The standard InChI is InChI=1S/C18H26O2/c1-18(2,3)16-11-9-14(10-12-16)13-5-7-15(8-6-13)17(19)20-4/h9-13,15H,5-8H2,1-4H3/t13-,15-. The van der Waals surface area contributed by atoms with Crippen LogP contribution in [0.25, 0.3) is 0 Å². The van der Waals surface area contributed by atoms with E-state index in [1.807, 2.05) is 0 Å². The molecule has 0 atom stereocenters. The van der Waals surface area contributed by atoms with Crippen molar-refractivity contribution in [1.29, 1.82) is 0 Å². The molecular weight excluding hydrogens is 248 g/mol. The minimum atomic E-state index is -0.0356. The highest BCUT2D eigenvalue weighted by molar-refractivity contribution is 5.72. The lowest BCUT2D eigenvalue weighted by Crippen LogP contribution is -2.22. The molecule has 2 nitrogen and oxygen atoms in total. The minimum Gasteiger partial charge on any atom is -0.469 e. The van der Waals surface area contributed by atoms with Gasteiger partial charge < -0.3 is 4.74 Å². The second-order valence-corrected chi connectivity index (χ2v) is 6.94. The molecule has 1 fully saturated rings. The largest absolute Gasteiger partial charge is 0.469 e. The quantitative estimate of drug-likeness (QED) is 0.746. The highest BCUT2D eigenvalue weighted by Crippen LogP contribution is 2.36. The van der Waals surface area contributed by atoms with E-state index < -0.39 is 0 Å². The fourth-order valence-corrected chi connectivity index (χ4v) is 3.08. The molecule has 0 unspecified atom stereocenters. The third kappa shape index (κ3) is 3.41. The summed E-state index contributed by atoms with van der Waals surface area (Å²) < 4.78 is 4.84. The SMILES string of the molecule is COC(=O)[C@H]1CC[C@H](c2ccc(C(C)(C)C)cc2)CC1. The average Bonchev–Trinajstić information content (AvgIpc) is 2.46. The lowest BCUT2D eigenvalue weighted by molar-refractivity contribution is -0.146. The highest BCUT2D eigenvalue weighted by Gasteiger charge is 2.27.